The first-order valence-electron chi connectivity index (χ1n) is 6.21. The van der Waals surface area contributed by atoms with Gasteiger partial charge in [-0.25, -0.2) is 0 Å². The van der Waals surface area contributed by atoms with Gasteiger partial charge in [0.1, 0.15) is 0 Å². The van der Waals surface area contributed by atoms with Crippen LogP contribution in [-0.2, 0) is 4.79 Å². The zero-order valence-electron chi connectivity index (χ0n) is 9.69. The molecule has 0 aromatic heterocycles. The van der Waals surface area contributed by atoms with Crippen molar-refractivity contribution < 1.29 is 15.0 Å². The predicted octanol–water partition coefficient (Wildman–Crippen LogP) is 0.946. The zero-order chi connectivity index (χ0) is 11.6. The van der Waals surface area contributed by atoms with Gasteiger partial charge in [0, 0.05) is 32.2 Å². The van der Waals surface area contributed by atoms with Gasteiger partial charge in [-0.3, -0.25) is 4.79 Å². The maximum Gasteiger partial charge on any atom is 0.304 e. The summed E-state index contributed by atoms with van der Waals surface area (Å²) in [7, 11) is 0. The third kappa shape index (κ3) is 2.23. The van der Waals surface area contributed by atoms with E-state index in [1.807, 2.05) is 0 Å². The van der Waals surface area contributed by atoms with Crippen molar-refractivity contribution >= 4 is 5.97 Å². The van der Waals surface area contributed by atoms with E-state index in [0.29, 0.717) is 17.9 Å². The molecule has 2 fully saturated rings. The molecule has 0 aromatic carbocycles. The van der Waals surface area contributed by atoms with Crippen LogP contribution in [0, 0.1) is 11.3 Å². The Bertz CT molecular complexity index is 261. The molecule has 4 nitrogen and oxygen atoms in total. The number of aliphatic hydroxyl groups is 1. The molecule has 1 aliphatic carbocycles. The van der Waals surface area contributed by atoms with Gasteiger partial charge in [-0.15, -0.1) is 0 Å². The number of carbonyl (C=O) groups is 1. The van der Waals surface area contributed by atoms with E-state index >= 15 is 0 Å². The van der Waals surface area contributed by atoms with Crippen LogP contribution in [0.15, 0.2) is 0 Å². The minimum Gasteiger partial charge on any atom is -0.481 e. The largest absolute Gasteiger partial charge is 0.481 e. The molecule has 1 spiro atoms. The van der Waals surface area contributed by atoms with E-state index in [9.17, 15) is 9.90 Å². The molecular weight excluding hydrogens is 206 g/mol. The highest BCUT2D eigenvalue weighted by molar-refractivity contribution is 5.66. The number of carboxylic acid groups (broad SMARTS) is 1. The number of likely N-dealkylation sites (tertiary alicyclic amines) is 1. The van der Waals surface area contributed by atoms with Gasteiger partial charge in [-0.1, -0.05) is 12.8 Å². The van der Waals surface area contributed by atoms with Crippen molar-refractivity contribution in [2.75, 3.05) is 26.2 Å². The first kappa shape index (κ1) is 11.9. The van der Waals surface area contributed by atoms with E-state index in [1.165, 1.54) is 25.7 Å². The molecular formula is C12H21NO3. The number of nitrogens with zero attached hydrogens (tertiary/aromatic N) is 1. The molecule has 0 amide bonds. The molecule has 92 valence electrons. The monoisotopic (exact) mass is 227 g/mol. The summed E-state index contributed by atoms with van der Waals surface area (Å²) in [6.07, 6.45) is 5.17. The summed E-state index contributed by atoms with van der Waals surface area (Å²) in [5.74, 6) is -0.364. The maximum atomic E-state index is 10.5. The second-order valence-corrected chi connectivity index (χ2v) is 5.33. The summed E-state index contributed by atoms with van der Waals surface area (Å²) < 4.78 is 0. The molecule has 1 heterocycles. The Labute approximate surface area is 96.3 Å². The average Bonchev–Trinajstić information content (AvgIpc) is 2.84. The number of hydrogen-bond donors (Lipinski definition) is 2. The SMILES string of the molecule is O=C(O)CCN1CC(CO)C2(CCCC2)C1. The highest BCUT2D eigenvalue weighted by Gasteiger charge is 2.47. The third-order valence-electron chi connectivity index (χ3n) is 4.34. The van der Waals surface area contributed by atoms with Gasteiger partial charge >= 0.3 is 5.97 Å². The highest BCUT2D eigenvalue weighted by atomic mass is 16.4. The lowest BCUT2D eigenvalue weighted by Crippen LogP contribution is -2.29. The lowest BCUT2D eigenvalue weighted by Gasteiger charge is -2.28. The fraction of sp³-hybridized carbons (Fsp3) is 0.917. The van der Waals surface area contributed by atoms with Crippen LogP contribution in [0.2, 0.25) is 0 Å². The third-order valence-corrected chi connectivity index (χ3v) is 4.34. The summed E-state index contributed by atoms with van der Waals surface area (Å²) in [5, 5.41) is 18.1. The van der Waals surface area contributed by atoms with Gasteiger partial charge in [0.05, 0.1) is 6.42 Å². The van der Waals surface area contributed by atoms with Crippen LogP contribution in [0.4, 0.5) is 0 Å². The molecule has 1 atom stereocenters. The minimum atomic E-state index is -0.729. The van der Waals surface area contributed by atoms with E-state index in [1.54, 1.807) is 0 Å². The Balaban J connectivity index is 1.93. The molecule has 4 heteroatoms. The first-order chi connectivity index (χ1) is 7.66. The molecule has 0 aromatic rings. The molecule has 0 radical (unpaired) electrons. The van der Waals surface area contributed by atoms with Crippen molar-refractivity contribution in [3.63, 3.8) is 0 Å². The van der Waals surface area contributed by atoms with E-state index in [-0.39, 0.29) is 13.0 Å². The van der Waals surface area contributed by atoms with Gasteiger partial charge in [0.15, 0.2) is 0 Å². The number of carboxylic acids is 1. The van der Waals surface area contributed by atoms with Crippen LogP contribution in [0.5, 0.6) is 0 Å². The minimum absolute atomic E-state index is 0.216. The van der Waals surface area contributed by atoms with Crippen LogP contribution in [0.3, 0.4) is 0 Å². The molecule has 2 N–H and O–H groups in total. The predicted molar refractivity (Wildman–Crippen MR) is 60.2 cm³/mol. The zero-order valence-corrected chi connectivity index (χ0v) is 9.69. The Morgan fingerprint density at radius 1 is 1.38 bits per heavy atom. The van der Waals surface area contributed by atoms with Gasteiger partial charge < -0.3 is 15.1 Å². The maximum absolute atomic E-state index is 10.5. The summed E-state index contributed by atoms with van der Waals surface area (Å²) in [5.41, 5.74) is 0.299. The normalized spacial score (nSPS) is 28.9. The second-order valence-electron chi connectivity index (χ2n) is 5.33. The highest BCUT2D eigenvalue weighted by Crippen LogP contribution is 2.48. The molecule has 0 bridgehead atoms. The van der Waals surface area contributed by atoms with Gasteiger partial charge in [0.25, 0.3) is 0 Å². The standard InChI is InChI=1S/C12H21NO3/c14-8-10-7-13(6-3-11(15)16)9-12(10)4-1-2-5-12/h10,14H,1-9H2,(H,15,16). The number of rotatable bonds is 4. The molecule has 16 heavy (non-hydrogen) atoms. The van der Waals surface area contributed by atoms with E-state index in [2.05, 4.69) is 4.90 Å². The van der Waals surface area contributed by atoms with E-state index in [4.69, 9.17) is 5.11 Å². The number of hydrogen-bond acceptors (Lipinski definition) is 3. The van der Waals surface area contributed by atoms with Crippen LogP contribution in [-0.4, -0.2) is 47.3 Å². The quantitative estimate of drug-likeness (QED) is 0.750. The number of aliphatic carboxylic acids is 1. The fourth-order valence-electron chi connectivity index (χ4n) is 3.47. The van der Waals surface area contributed by atoms with Crippen LogP contribution in [0.25, 0.3) is 0 Å². The fourth-order valence-corrected chi connectivity index (χ4v) is 3.47. The lowest BCUT2D eigenvalue weighted by atomic mass is 9.77. The van der Waals surface area contributed by atoms with Gasteiger partial charge in [-0.05, 0) is 18.3 Å². The summed E-state index contributed by atoms with van der Waals surface area (Å²) in [4.78, 5) is 12.8. The summed E-state index contributed by atoms with van der Waals surface area (Å²) in [6.45, 7) is 2.76. The lowest BCUT2D eigenvalue weighted by molar-refractivity contribution is -0.137. The van der Waals surface area contributed by atoms with Crippen LogP contribution >= 0.6 is 0 Å². The Morgan fingerprint density at radius 2 is 2.06 bits per heavy atom. The molecule has 1 saturated heterocycles. The Kier molecular flexibility index (Phi) is 3.50. The van der Waals surface area contributed by atoms with Crippen molar-refractivity contribution in [1.29, 1.82) is 0 Å². The van der Waals surface area contributed by atoms with Crippen molar-refractivity contribution in [2.45, 2.75) is 32.1 Å². The van der Waals surface area contributed by atoms with Crippen molar-refractivity contribution in [2.24, 2.45) is 11.3 Å². The molecule has 2 rings (SSSR count). The number of aliphatic hydroxyl groups excluding tert-OH is 1. The topological polar surface area (TPSA) is 60.8 Å². The van der Waals surface area contributed by atoms with Gasteiger partial charge in [0.2, 0.25) is 0 Å². The average molecular weight is 227 g/mol. The molecule has 2 aliphatic rings. The summed E-state index contributed by atoms with van der Waals surface area (Å²) in [6, 6.07) is 0. The Hall–Kier alpha value is -0.610. The molecule has 1 saturated carbocycles. The van der Waals surface area contributed by atoms with Crippen molar-refractivity contribution in [1.82, 2.24) is 4.90 Å². The van der Waals surface area contributed by atoms with Crippen molar-refractivity contribution in [3.8, 4) is 0 Å². The van der Waals surface area contributed by atoms with Crippen molar-refractivity contribution in [3.05, 3.63) is 0 Å². The van der Waals surface area contributed by atoms with E-state index in [0.717, 1.165) is 13.1 Å². The second kappa shape index (κ2) is 4.72. The van der Waals surface area contributed by atoms with Crippen LogP contribution in [0.1, 0.15) is 32.1 Å². The first-order valence-corrected chi connectivity index (χ1v) is 6.21. The summed E-state index contributed by atoms with van der Waals surface area (Å²) >= 11 is 0. The van der Waals surface area contributed by atoms with Gasteiger partial charge in [-0.2, -0.15) is 0 Å². The Morgan fingerprint density at radius 3 is 2.62 bits per heavy atom. The molecule has 1 aliphatic heterocycles. The molecule has 1 unspecified atom stereocenters. The van der Waals surface area contributed by atoms with E-state index < -0.39 is 5.97 Å². The van der Waals surface area contributed by atoms with Crippen LogP contribution < -0.4 is 0 Å². The smallest absolute Gasteiger partial charge is 0.304 e.